The summed E-state index contributed by atoms with van der Waals surface area (Å²) in [6.07, 6.45) is -0.114. The third-order valence-electron chi connectivity index (χ3n) is 3.79. The van der Waals surface area contributed by atoms with Crippen molar-refractivity contribution >= 4 is 18.4 Å². The van der Waals surface area contributed by atoms with Crippen LogP contribution in [0.5, 0.6) is 5.75 Å². The van der Waals surface area contributed by atoms with E-state index in [-0.39, 0.29) is 31.1 Å². The first-order chi connectivity index (χ1) is 10.5. The van der Waals surface area contributed by atoms with Crippen LogP contribution < -0.4 is 4.74 Å². The van der Waals surface area contributed by atoms with E-state index in [0.717, 1.165) is 38.3 Å². The second-order valence-corrected chi connectivity index (χ2v) is 6.01. The Kier molecular flexibility index (Phi) is 8.37. The third kappa shape index (κ3) is 7.20. The van der Waals surface area contributed by atoms with E-state index in [1.807, 2.05) is 38.1 Å². The Labute approximate surface area is 145 Å². The summed E-state index contributed by atoms with van der Waals surface area (Å²) >= 11 is 0. The highest BCUT2D eigenvalue weighted by molar-refractivity contribution is 5.85. The lowest BCUT2D eigenvalue weighted by Gasteiger charge is -2.33. The van der Waals surface area contributed by atoms with Crippen LogP contribution in [0.25, 0.3) is 0 Å². The number of esters is 1. The van der Waals surface area contributed by atoms with Crippen molar-refractivity contribution < 1.29 is 14.3 Å². The van der Waals surface area contributed by atoms with E-state index in [0.29, 0.717) is 5.75 Å². The molecule has 1 atom stereocenters. The van der Waals surface area contributed by atoms with E-state index in [4.69, 9.17) is 9.47 Å². The molecule has 130 valence electrons. The zero-order valence-electron chi connectivity index (χ0n) is 14.2. The van der Waals surface area contributed by atoms with Crippen molar-refractivity contribution in [2.75, 3.05) is 46.4 Å². The number of carbonyl (C=O) groups is 1. The molecule has 1 unspecified atom stereocenters. The lowest BCUT2D eigenvalue weighted by Crippen LogP contribution is -2.47. The van der Waals surface area contributed by atoms with Gasteiger partial charge < -0.3 is 14.4 Å². The Hall–Kier alpha value is -1.30. The van der Waals surface area contributed by atoms with Crippen molar-refractivity contribution in [1.82, 2.24) is 9.80 Å². The Balaban J connectivity index is 0.00000264. The average molecular weight is 343 g/mol. The lowest BCUT2D eigenvalue weighted by atomic mass is 10.2. The van der Waals surface area contributed by atoms with E-state index in [1.165, 1.54) is 0 Å². The van der Waals surface area contributed by atoms with E-state index in [9.17, 15) is 4.79 Å². The van der Waals surface area contributed by atoms with Gasteiger partial charge in [-0.25, -0.2) is 4.79 Å². The van der Waals surface area contributed by atoms with Gasteiger partial charge >= 0.3 is 5.97 Å². The zero-order chi connectivity index (χ0) is 15.9. The second kappa shape index (κ2) is 9.75. The molecule has 5 nitrogen and oxygen atoms in total. The van der Waals surface area contributed by atoms with Crippen LogP contribution in [0.15, 0.2) is 24.3 Å². The molecule has 0 aromatic heterocycles. The van der Waals surface area contributed by atoms with Crippen molar-refractivity contribution in [2.24, 2.45) is 0 Å². The normalized spacial score (nSPS) is 17.2. The summed E-state index contributed by atoms with van der Waals surface area (Å²) in [6.45, 7) is 8.84. The molecule has 23 heavy (non-hydrogen) atoms. The lowest BCUT2D eigenvalue weighted by molar-refractivity contribution is -0.151. The quantitative estimate of drug-likeness (QED) is 0.739. The predicted molar refractivity (Wildman–Crippen MR) is 93.4 cm³/mol. The Morgan fingerprint density at radius 2 is 1.96 bits per heavy atom. The molecule has 1 aliphatic rings. The summed E-state index contributed by atoms with van der Waals surface area (Å²) < 4.78 is 10.9. The molecular weight excluding hydrogens is 316 g/mol. The minimum Gasteiger partial charge on any atom is -0.482 e. The van der Waals surface area contributed by atoms with Gasteiger partial charge in [-0.1, -0.05) is 12.1 Å². The van der Waals surface area contributed by atoms with Gasteiger partial charge in [0.05, 0.1) is 0 Å². The molecule has 0 spiro atoms. The fourth-order valence-corrected chi connectivity index (χ4v) is 2.54. The maximum absolute atomic E-state index is 11.8. The summed E-state index contributed by atoms with van der Waals surface area (Å²) in [4.78, 5) is 16.5. The third-order valence-corrected chi connectivity index (χ3v) is 3.79. The molecule has 0 N–H and O–H groups in total. The smallest absolute Gasteiger partial charge is 0.344 e. The van der Waals surface area contributed by atoms with Crippen molar-refractivity contribution in [1.29, 1.82) is 0 Å². The summed E-state index contributed by atoms with van der Waals surface area (Å²) in [6, 6.07) is 7.64. The minimum atomic E-state index is -0.317. The van der Waals surface area contributed by atoms with Gasteiger partial charge in [0.1, 0.15) is 11.9 Å². The SMILES string of the molecule is Cc1cccc(OCC(=O)OC(C)CN2CCN(C)CC2)c1.Cl. The van der Waals surface area contributed by atoms with Gasteiger partial charge in [0.15, 0.2) is 6.61 Å². The Bertz CT molecular complexity index is 490. The fourth-order valence-electron chi connectivity index (χ4n) is 2.54. The van der Waals surface area contributed by atoms with Crippen LogP contribution in [-0.4, -0.2) is 68.3 Å². The number of rotatable bonds is 6. The average Bonchev–Trinajstić information content (AvgIpc) is 2.47. The summed E-state index contributed by atoms with van der Waals surface area (Å²) in [5, 5.41) is 0. The number of hydrogen-bond donors (Lipinski definition) is 0. The van der Waals surface area contributed by atoms with Gasteiger partial charge in [-0.2, -0.15) is 0 Å². The van der Waals surface area contributed by atoms with Gasteiger partial charge in [-0.05, 0) is 38.6 Å². The number of likely N-dealkylation sites (N-methyl/N-ethyl adjacent to an activating group) is 1. The van der Waals surface area contributed by atoms with Gasteiger partial charge in [-0.3, -0.25) is 4.90 Å². The molecule has 1 fully saturated rings. The molecule has 1 heterocycles. The van der Waals surface area contributed by atoms with E-state index >= 15 is 0 Å². The predicted octanol–water partition coefficient (Wildman–Crippen LogP) is 1.97. The first-order valence-electron chi connectivity index (χ1n) is 7.83. The number of nitrogens with zero attached hydrogens (tertiary/aromatic N) is 2. The Morgan fingerprint density at radius 3 is 2.61 bits per heavy atom. The highest BCUT2D eigenvalue weighted by atomic mass is 35.5. The minimum absolute atomic E-state index is 0. The maximum Gasteiger partial charge on any atom is 0.344 e. The molecule has 2 rings (SSSR count). The van der Waals surface area contributed by atoms with Crippen molar-refractivity contribution in [2.45, 2.75) is 20.0 Å². The first-order valence-corrected chi connectivity index (χ1v) is 7.83. The number of piperazine rings is 1. The number of ether oxygens (including phenoxy) is 2. The van der Waals surface area contributed by atoms with Crippen LogP contribution >= 0.6 is 12.4 Å². The van der Waals surface area contributed by atoms with E-state index < -0.39 is 0 Å². The standard InChI is InChI=1S/C17H26N2O3.ClH/c1-14-5-4-6-16(11-14)21-13-17(20)22-15(2)12-19-9-7-18(3)8-10-19;/h4-6,11,15H,7-10,12-13H2,1-3H3;1H. The molecule has 6 heteroatoms. The van der Waals surface area contributed by atoms with Gasteiger partial charge in [0.25, 0.3) is 0 Å². The van der Waals surface area contributed by atoms with E-state index in [1.54, 1.807) is 0 Å². The number of halogens is 1. The van der Waals surface area contributed by atoms with Crippen LogP contribution in [0.2, 0.25) is 0 Å². The molecule has 1 aromatic rings. The molecular formula is C17H27ClN2O3. The van der Waals surface area contributed by atoms with Crippen molar-refractivity contribution in [3.8, 4) is 5.75 Å². The van der Waals surface area contributed by atoms with Crippen LogP contribution in [0.4, 0.5) is 0 Å². The summed E-state index contributed by atoms with van der Waals surface area (Å²) in [5.41, 5.74) is 1.11. The van der Waals surface area contributed by atoms with Crippen molar-refractivity contribution in [3.63, 3.8) is 0 Å². The molecule has 0 amide bonds. The van der Waals surface area contributed by atoms with Crippen LogP contribution in [0.1, 0.15) is 12.5 Å². The topological polar surface area (TPSA) is 42.0 Å². The number of aryl methyl sites for hydroxylation is 1. The monoisotopic (exact) mass is 342 g/mol. The fraction of sp³-hybridized carbons (Fsp3) is 0.588. The van der Waals surface area contributed by atoms with Gasteiger partial charge in [-0.15, -0.1) is 12.4 Å². The van der Waals surface area contributed by atoms with Gasteiger partial charge in [0, 0.05) is 32.7 Å². The summed E-state index contributed by atoms with van der Waals surface area (Å²) in [5.74, 6) is 0.381. The molecule has 0 radical (unpaired) electrons. The number of carbonyl (C=O) groups excluding carboxylic acids is 1. The zero-order valence-corrected chi connectivity index (χ0v) is 15.0. The molecule has 1 aliphatic heterocycles. The second-order valence-electron chi connectivity index (χ2n) is 6.01. The van der Waals surface area contributed by atoms with Crippen molar-refractivity contribution in [3.05, 3.63) is 29.8 Å². The highest BCUT2D eigenvalue weighted by Crippen LogP contribution is 2.12. The Morgan fingerprint density at radius 1 is 1.26 bits per heavy atom. The molecule has 0 bridgehead atoms. The largest absolute Gasteiger partial charge is 0.482 e. The molecule has 0 saturated carbocycles. The summed E-state index contributed by atoms with van der Waals surface area (Å²) in [7, 11) is 2.13. The first kappa shape index (κ1) is 19.7. The van der Waals surface area contributed by atoms with E-state index in [2.05, 4.69) is 16.8 Å². The number of hydrogen-bond acceptors (Lipinski definition) is 5. The molecule has 0 aliphatic carbocycles. The van der Waals surface area contributed by atoms with Gasteiger partial charge in [0.2, 0.25) is 0 Å². The van der Waals surface area contributed by atoms with Crippen LogP contribution in [0, 0.1) is 6.92 Å². The molecule has 1 aromatic carbocycles. The maximum atomic E-state index is 11.8. The number of benzene rings is 1. The highest BCUT2D eigenvalue weighted by Gasteiger charge is 2.18. The van der Waals surface area contributed by atoms with Crippen LogP contribution in [0.3, 0.4) is 0 Å². The van der Waals surface area contributed by atoms with Crippen LogP contribution in [-0.2, 0) is 9.53 Å². The molecule has 1 saturated heterocycles.